The Morgan fingerprint density at radius 2 is 1.84 bits per heavy atom. The quantitative estimate of drug-likeness (QED) is 0.470. The normalized spacial score (nSPS) is 14.1. The Morgan fingerprint density at radius 3 is 2.55 bits per heavy atom. The van der Waals surface area contributed by atoms with Gasteiger partial charge in [0.1, 0.15) is 17.0 Å². The van der Waals surface area contributed by atoms with Crippen LogP contribution in [0.4, 0.5) is 5.13 Å². The molecule has 0 radical (unpaired) electrons. The molecule has 1 aliphatic heterocycles. The summed E-state index contributed by atoms with van der Waals surface area (Å²) in [5.74, 6) is 1.69. The summed E-state index contributed by atoms with van der Waals surface area (Å²) in [6.07, 6.45) is 3.41. The lowest BCUT2D eigenvalue weighted by Crippen LogP contribution is -2.48. The minimum absolute atomic E-state index is 0.0724. The zero-order valence-electron chi connectivity index (χ0n) is 18.2. The molecule has 1 aromatic heterocycles. The van der Waals surface area contributed by atoms with Gasteiger partial charge >= 0.3 is 0 Å². The molecule has 0 N–H and O–H groups in total. The van der Waals surface area contributed by atoms with Crippen molar-refractivity contribution in [3.8, 4) is 11.5 Å². The van der Waals surface area contributed by atoms with Crippen LogP contribution >= 0.6 is 11.3 Å². The Morgan fingerprint density at radius 1 is 1.06 bits per heavy atom. The van der Waals surface area contributed by atoms with Gasteiger partial charge in [-0.25, -0.2) is 4.98 Å². The third-order valence-corrected chi connectivity index (χ3v) is 6.63. The highest BCUT2D eigenvalue weighted by Crippen LogP contribution is 2.34. The molecule has 6 nitrogen and oxygen atoms in total. The van der Waals surface area contributed by atoms with Gasteiger partial charge in [-0.3, -0.25) is 4.79 Å². The molecule has 1 aliphatic rings. The molecular weight excluding hydrogens is 410 g/mol. The van der Waals surface area contributed by atoms with E-state index >= 15 is 0 Å². The molecule has 3 aromatic rings. The molecule has 0 unspecified atom stereocenters. The van der Waals surface area contributed by atoms with E-state index in [1.165, 1.54) is 12.8 Å². The van der Waals surface area contributed by atoms with Crippen molar-refractivity contribution in [1.29, 1.82) is 0 Å². The number of para-hydroxylation sites is 1. The second-order valence-corrected chi connectivity index (χ2v) is 8.67. The van der Waals surface area contributed by atoms with Crippen molar-refractivity contribution in [3.63, 3.8) is 0 Å². The van der Waals surface area contributed by atoms with Crippen molar-refractivity contribution in [3.05, 3.63) is 48.0 Å². The number of rotatable bonds is 8. The van der Waals surface area contributed by atoms with E-state index < -0.39 is 0 Å². The Hall–Kier alpha value is -2.80. The van der Waals surface area contributed by atoms with E-state index in [2.05, 4.69) is 17.9 Å². The third kappa shape index (κ3) is 4.93. The molecule has 7 heteroatoms. The number of fused-ring (bicyclic) bond motifs is 1. The smallest absolute Gasteiger partial charge is 0.253 e. The number of hydrogen-bond acceptors (Lipinski definition) is 6. The maximum atomic E-state index is 12.9. The molecule has 1 amide bonds. The number of nitrogens with zero attached hydrogens (tertiary/aromatic N) is 3. The van der Waals surface area contributed by atoms with Gasteiger partial charge in [0, 0.05) is 31.7 Å². The van der Waals surface area contributed by atoms with E-state index in [4.69, 9.17) is 14.5 Å². The molecule has 1 saturated heterocycles. The summed E-state index contributed by atoms with van der Waals surface area (Å²) in [6.45, 7) is 5.80. The van der Waals surface area contributed by atoms with E-state index in [9.17, 15) is 4.79 Å². The predicted molar refractivity (Wildman–Crippen MR) is 126 cm³/mol. The number of unbranched alkanes of at least 4 members (excludes halogenated alkanes) is 2. The van der Waals surface area contributed by atoms with Crippen molar-refractivity contribution in [2.75, 3.05) is 44.8 Å². The van der Waals surface area contributed by atoms with Gasteiger partial charge < -0.3 is 19.3 Å². The number of ether oxygens (including phenoxy) is 2. The summed E-state index contributed by atoms with van der Waals surface area (Å²) in [6, 6.07) is 13.5. The van der Waals surface area contributed by atoms with Crippen LogP contribution in [0.5, 0.6) is 11.5 Å². The van der Waals surface area contributed by atoms with Gasteiger partial charge in [-0.2, -0.15) is 0 Å². The van der Waals surface area contributed by atoms with Gasteiger partial charge in [0.05, 0.1) is 18.4 Å². The summed E-state index contributed by atoms with van der Waals surface area (Å²) < 4.78 is 12.3. The molecule has 31 heavy (non-hydrogen) atoms. The molecule has 0 aliphatic carbocycles. The SMILES string of the molecule is CCCCCOc1ccc(C(=O)N2CCN(c3nc4c(OC)cccc4s3)CC2)cc1. The fourth-order valence-corrected chi connectivity index (χ4v) is 4.77. The summed E-state index contributed by atoms with van der Waals surface area (Å²) in [5.41, 5.74) is 1.61. The van der Waals surface area contributed by atoms with Crippen molar-refractivity contribution < 1.29 is 14.3 Å². The van der Waals surface area contributed by atoms with Crippen molar-refractivity contribution in [2.45, 2.75) is 26.2 Å². The topological polar surface area (TPSA) is 54.9 Å². The minimum Gasteiger partial charge on any atom is -0.494 e. The molecule has 2 heterocycles. The molecule has 0 spiro atoms. The van der Waals surface area contributed by atoms with Crippen molar-refractivity contribution in [1.82, 2.24) is 9.88 Å². The van der Waals surface area contributed by atoms with Gasteiger partial charge in [-0.15, -0.1) is 0 Å². The van der Waals surface area contributed by atoms with Crippen molar-refractivity contribution in [2.24, 2.45) is 0 Å². The number of benzene rings is 2. The zero-order chi connectivity index (χ0) is 21.6. The second-order valence-electron chi connectivity index (χ2n) is 7.66. The number of carbonyl (C=O) groups is 1. The van der Waals surface area contributed by atoms with Gasteiger partial charge in [0.15, 0.2) is 5.13 Å². The molecule has 0 bridgehead atoms. The van der Waals surface area contributed by atoms with Crippen LogP contribution < -0.4 is 14.4 Å². The van der Waals surface area contributed by atoms with E-state index in [0.29, 0.717) is 18.7 Å². The van der Waals surface area contributed by atoms with E-state index in [0.717, 1.165) is 53.0 Å². The van der Waals surface area contributed by atoms with Gasteiger partial charge in [0.25, 0.3) is 5.91 Å². The average Bonchev–Trinajstić information content (AvgIpc) is 3.26. The number of carbonyl (C=O) groups excluding carboxylic acids is 1. The first kappa shape index (κ1) is 21.4. The lowest BCUT2D eigenvalue weighted by atomic mass is 10.1. The average molecular weight is 440 g/mol. The molecular formula is C24H29N3O3S. The lowest BCUT2D eigenvalue weighted by Gasteiger charge is -2.34. The number of aromatic nitrogens is 1. The first-order chi connectivity index (χ1) is 15.2. The maximum absolute atomic E-state index is 12.9. The first-order valence-corrected chi connectivity index (χ1v) is 11.7. The third-order valence-electron chi connectivity index (χ3n) is 5.55. The van der Waals surface area contributed by atoms with Crippen LogP contribution in [0.2, 0.25) is 0 Å². The van der Waals surface area contributed by atoms with Crippen molar-refractivity contribution >= 4 is 32.6 Å². The summed E-state index contributed by atoms with van der Waals surface area (Å²) in [4.78, 5) is 21.9. The van der Waals surface area contributed by atoms with Crippen LogP contribution in [-0.2, 0) is 0 Å². The molecule has 164 valence electrons. The largest absolute Gasteiger partial charge is 0.494 e. The maximum Gasteiger partial charge on any atom is 0.253 e. The Bertz CT molecular complexity index is 1010. The number of piperazine rings is 1. The highest BCUT2D eigenvalue weighted by atomic mass is 32.1. The molecule has 0 atom stereocenters. The lowest BCUT2D eigenvalue weighted by molar-refractivity contribution is 0.0746. The Balaban J connectivity index is 1.34. The van der Waals surface area contributed by atoms with Crippen LogP contribution in [0.3, 0.4) is 0 Å². The fraction of sp³-hybridized carbons (Fsp3) is 0.417. The highest BCUT2D eigenvalue weighted by Gasteiger charge is 2.24. The summed E-state index contributed by atoms with van der Waals surface area (Å²) in [5, 5.41) is 0.983. The summed E-state index contributed by atoms with van der Waals surface area (Å²) >= 11 is 1.67. The number of amides is 1. The molecule has 1 fully saturated rings. The summed E-state index contributed by atoms with van der Waals surface area (Å²) in [7, 11) is 1.67. The predicted octanol–water partition coefficient (Wildman–Crippen LogP) is 4.84. The molecule has 0 saturated carbocycles. The Kier molecular flexibility index (Phi) is 6.92. The second kappa shape index (κ2) is 10.0. The standard InChI is InChI=1S/C24H29N3O3S/c1-3-4-5-17-30-19-11-9-18(10-12-19)23(28)26-13-15-27(16-14-26)24-25-22-20(29-2)7-6-8-21(22)31-24/h6-12H,3-5,13-17H2,1-2H3. The van der Waals surface area contributed by atoms with Gasteiger partial charge in [-0.1, -0.05) is 37.2 Å². The molecule has 4 rings (SSSR count). The fourth-order valence-electron chi connectivity index (χ4n) is 3.73. The number of methoxy groups -OCH3 is 1. The van der Waals surface area contributed by atoms with Crippen LogP contribution in [0.25, 0.3) is 10.2 Å². The highest BCUT2D eigenvalue weighted by molar-refractivity contribution is 7.22. The zero-order valence-corrected chi connectivity index (χ0v) is 19.0. The number of thiazole rings is 1. The van der Waals surface area contributed by atoms with Crippen LogP contribution in [0.1, 0.15) is 36.5 Å². The van der Waals surface area contributed by atoms with E-state index in [1.807, 2.05) is 41.3 Å². The van der Waals surface area contributed by atoms with Crippen LogP contribution in [0, 0.1) is 0 Å². The van der Waals surface area contributed by atoms with E-state index in [-0.39, 0.29) is 5.91 Å². The minimum atomic E-state index is 0.0724. The Labute approximate surface area is 187 Å². The molecule has 2 aromatic carbocycles. The van der Waals surface area contributed by atoms with Crippen LogP contribution in [0.15, 0.2) is 42.5 Å². The van der Waals surface area contributed by atoms with E-state index in [1.54, 1.807) is 18.4 Å². The number of anilines is 1. The first-order valence-electron chi connectivity index (χ1n) is 10.9. The van der Waals surface area contributed by atoms with Gasteiger partial charge in [0.2, 0.25) is 0 Å². The number of hydrogen-bond donors (Lipinski definition) is 0. The van der Waals surface area contributed by atoms with Gasteiger partial charge in [-0.05, 0) is 42.8 Å². The van der Waals surface area contributed by atoms with Crippen LogP contribution in [-0.4, -0.2) is 55.7 Å². The monoisotopic (exact) mass is 439 g/mol.